The molecule has 4 nitrogen and oxygen atoms in total. The molecule has 1 unspecified atom stereocenters. The SMILES string of the molecule is CC#Cc1cnc(N(N)C(C)CCC/C=C\C(N)=C(C)C)c(C(C)C)c1. The van der Waals surface area contributed by atoms with Crippen molar-refractivity contribution in [1.82, 2.24) is 4.98 Å². The minimum Gasteiger partial charge on any atom is -0.399 e. The second-order valence-corrected chi connectivity index (χ2v) is 7.21. The summed E-state index contributed by atoms with van der Waals surface area (Å²) >= 11 is 0. The van der Waals surface area contributed by atoms with Gasteiger partial charge in [0.1, 0.15) is 5.82 Å². The van der Waals surface area contributed by atoms with Crippen LogP contribution in [0.5, 0.6) is 0 Å². The minimum absolute atomic E-state index is 0.206. The predicted octanol–water partition coefficient (Wildman–Crippen LogP) is 4.62. The number of nitrogens with two attached hydrogens (primary N) is 2. The summed E-state index contributed by atoms with van der Waals surface area (Å²) in [4.78, 5) is 4.59. The van der Waals surface area contributed by atoms with Crippen molar-refractivity contribution in [2.45, 2.75) is 72.8 Å². The standard InChI is InChI=1S/C22H34N4/c1-7-11-19-14-20(16(2)3)22(25-15-19)26(24)18(6)12-9-8-10-13-21(23)17(4)5/h10,13-16,18H,8-9,12,23-24H2,1-6H3/b13-10-. The summed E-state index contributed by atoms with van der Waals surface area (Å²) in [5.74, 6) is 13.6. The van der Waals surface area contributed by atoms with Crippen molar-refractivity contribution in [2.24, 2.45) is 11.6 Å². The third kappa shape index (κ3) is 6.57. The van der Waals surface area contributed by atoms with Gasteiger partial charge in [-0.15, -0.1) is 5.92 Å². The Morgan fingerprint density at radius 2 is 2.00 bits per heavy atom. The van der Waals surface area contributed by atoms with Gasteiger partial charge in [0.05, 0.1) is 0 Å². The van der Waals surface area contributed by atoms with Gasteiger partial charge in [-0.05, 0) is 70.6 Å². The molecule has 0 saturated carbocycles. The summed E-state index contributed by atoms with van der Waals surface area (Å²) in [6.45, 7) is 12.3. The fourth-order valence-electron chi connectivity index (χ4n) is 2.58. The number of hydrogen-bond donors (Lipinski definition) is 2. The molecule has 0 fully saturated rings. The first-order valence-electron chi connectivity index (χ1n) is 9.34. The predicted molar refractivity (Wildman–Crippen MR) is 113 cm³/mol. The van der Waals surface area contributed by atoms with E-state index in [2.05, 4.69) is 49.7 Å². The Bertz CT molecular complexity index is 701. The highest BCUT2D eigenvalue weighted by Gasteiger charge is 2.17. The highest BCUT2D eigenvalue weighted by Crippen LogP contribution is 2.26. The van der Waals surface area contributed by atoms with Crippen LogP contribution in [0.1, 0.15) is 77.8 Å². The van der Waals surface area contributed by atoms with Crippen molar-refractivity contribution in [3.05, 3.63) is 46.8 Å². The van der Waals surface area contributed by atoms with E-state index in [4.69, 9.17) is 11.6 Å². The van der Waals surface area contributed by atoms with Crippen LogP contribution in [-0.2, 0) is 0 Å². The van der Waals surface area contributed by atoms with Gasteiger partial charge in [-0.1, -0.05) is 31.4 Å². The van der Waals surface area contributed by atoms with Crippen LogP contribution in [-0.4, -0.2) is 11.0 Å². The number of unbranched alkanes of at least 4 members (excludes halogenated alkanes) is 1. The number of rotatable bonds is 8. The van der Waals surface area contributed by atoms with Crippen LogP contribution in [0.4, 0.5) is 5.82 Å². The van der Waals surface area contributed by atoms with Gasteiger partial charge in [0.2, 0.25) is 0 Å². The number of allylic oxidation sites excluding steroid dienone is 3. The topological polar surface area (TPSA) is 68.2 Å². The van der Waals surface area contributed by atoms with E-state index >= 15 is 0 Å². The van der Waals surface area contributed by atoms with E-state index in [-0.39, 0.29) is 6.04 Å². The van der Waals surface area contributed by atoms with Gasteiger partial charge < -0.3 is 5.73 Å². The average molecular weight is 355 g/mol. The summed E-state index contributed by atoms with van der Waals surface area (Å²) in [7, 11) is 0. The van der Waals surface area contributed by atoms with E-state index in [1.165, 1.54) is 0 Å². The molecule has 1 aromatic heterocycles. The second kappa shape index (κ2) is 10.7. The first-order chi connectivity index (χ1) is 12.3. The van der Waals surface area contributed by atoms with Crippen LogP contribution in [0, 0.1) is 11.8 Å². The van der Waals surface area contributed by atoms with Gasteiger partial charge in [0, 0.05) is 23.5 Å². The third-order valence-electron chi connectivity index (χ3n) is 4.37. The van der Waals surface area contributed by atoms with Crippen molar-refractivity contribution >= 4 is 5.82 Å². The van der Waals surface area contributed by atoms with Crippen molar-refractivity contribution < 1.29 is 0 Å². The Kier molecular flexibility index (Phi) is 8.95. The Balaban J connectivity index is 2.74. The van der Waals surface area contributed by atoms with Gasteiger partial charge in [-0.25, -0.2) is 10.8 Å². The van der Waals surface area contributed by atoms with E-state index < -0.39 is 0 Å². The van der Waals surface area contributed by atoms with Crippen LogP contribution < -0.4 is 16.6 Å². The van der Waals surface area contributed by atoms with Crippen LogP contribution in [0.3, 0.4) is 0 Å². The molecular formula is C22H34N4. The maximum absolute atomic E-state index is 6.39. The van der Waals surface area contributed by atoms with E-state index in [0.29, 0.717) is 5.92 Å². The van der Waals surface area contributed by atoms with Crippen LogP contribution in [0.25, 0.3) is 0 Å². The molecule has 0 aliphatic carbocycles. The van der Waals surface area contributed by atoms with Crippen LogP contribution >= 0.6 is 0 Å². The molecule has 0 bridgehead atoms. The van der Waals surface area contributed by atoms with Gasteiger partial charge in [0.25, 0.3) is 0 Å². The molecule has 0 radical (unpaired) electrons. The smallest absolute Gasteiger partial charge is 0.146 e. The zero-order valence-electron chi connectivity index (χ0n) is 17.1. The van der Waals surface area contributed by atoms with Crippen LogP contribution in [0.15, 0.2) is 35.7 Å². The number of pyridine rings is 1. The molecule has 0 spiro atoms. The molecule has 4 N–H and O–H groups in total. The summed E-state index contributed by atoms with van der Waals surface area (Å²) in [5, 5.41) is 1.80. The van der Waals surface area contributed by atoms with Crippen molar-refractivity contribution in [3.63, 3.8) is 0 Å². The quantitative estimate of drug-likeness (QED) is 0.235. The Labute approximate surface area is 159 Å². The Morgan fingerprint density at radius 1 is 1.31 bits per heavy atom. The molecule has 0 amide bonds. The second-order valence-electron chi connectivity index (χ2n) is 7.21. The molecule has 1 aromatic rings. The lowest BCUT2D eigenvalue weighted by Crippen LogP contribution is -2.40. The van der Waals surface area contributed by atoms with Gasteiger partial charge in [0.15, 0.2) is 0 Å². The summed E-state index contributed by atoms with van der Waals surface area (Å²) in [5.41, 5.74) is 9.97. The zero-order valence-corrected chi connectivity index (χ0v) is 17.1. The molecule has 1 rings (SSSR count). The average Bonchev–Trinajstić information content (AvgIpc) is 2.60. The van der Waals surface area contributed by atoms with Crippen molar-refractivity contribution in [1.29, 1.82) is 0 Å². The Hall–Kier alpha value is -2.25. The fraction of sp³-hybridized carbons (Fsp3) is 0.500. The molecule has 0 saturated heterocycles. The minimum atomic E-state index is 0.206. The van der Waals surface area contributed by atoms with Gasteiger partial charge in [-0.3, -0.25) is 5.01 Å². The van der Waals surface area contributed by atoms with Crippen molar-refractivity contribution in [3.8, 4) is 11.8 Å². The molecule has 1 heterocycles. The summed E-state index contributed by atoms with van der Waals surface area (Å²) in [6.07, 6.45) is 8.96. The molecule has 0 aromatic carbocycles. The summed E-state index contributed by atoms with van der Waals surface area (Å²) in [6, 6.07) is 2.30. The first kappa shape index (κ1) is 21.8. The molecule has 0 aliphatic heterocycles. The monoisotopic (exact) mass is 354 g/mol. The van der Waals surface area contributed by atoms with E-state index in [0.717, 1.165) is 47.5 Å². The number of hydrazine groups is 1. The lowest BCUT2D eigenvalue weighted by molar-refractivity contribution is 0.570. The van der Waals surface area contributed by atoms with Gasteiger partial charge >= 0.3 is 0 Å². The highest BCUT2D eigenvalue weighted by molar-refractivity contribution is 5.51. The molecular weight excluding hydrogens is 320 g/mol. The molecule has 0 aliphatic rings. The summed E-state index contributed by atoms with van der Waals surface area (Å²) < 4.78 is 0. The lowest BCUT2D eigenvalue weighted by atomic mass is 10.0. The Morgan fingerprint density at radius 3 is 2.58 bits per heavy atom. The van der Waals surface area contributed by atoms with Crippen molar-refractivity contribution in [2.75, 3.05) is 5.01 Å². The number of anilines is 1. The fourth-order valence-corrected chi connectivity index (χ4v) is 2.58. The molecule has 142 valence electrons. The van der Waals surface area contributed by atoms with E-state index in [9.17, 15) is 0 Å². The first-order valence-corrected chi connectivity index (χ1v) is 9.34. The molecule has 1 atom stereocenters. The zero-order chi connectivity index (χ0) is 19.7. The number of hydrogen-bond acceptors (Lipinski definition) is 4. The number of aromatic nitrogens is 1. The molecule has 4 heteroatoms. The van der Waals surface area contributed by atoms with Gasteiger partial charge in [-0.2, -0.15) is 0 Å². The normalized spacial score (nSPS) is 12.0. The largest absolute Gasteiger partial charge is 0.399 e. The molecule has 26 heavy (non-hydrogen) atoms. The number of nitrogens with zero attached hydrogens (tertiary/aromatic N) is 2. The van der Waals surface area contributed by atoms with E-state index in [1.54, 1.807) is 11.2 Å². The van der Waals surface area contributed by atoms with E-state index in [1.807, 2.05) is 26.8 Å². The third-order valence-corrected chi connectivity index (χ3v) is 4.37. The lowest BCUT2D eigenvalue weighted by Gasteiger charge is -2.28. The maximum atomic E-state index is 6.39. The highest BCUT2D eigenvalue weighted by atomic mass is 15.4. The van der Waals surface area contributed by atoms with Crippen LogP contribution in [0.2, 0.25) is 0 Å². The maximum Gasteiger partial charge on any atom is 0.146 e.